The molecule has 0 N–H and O–H groups in total. The van der Waals surface area contributed by atoms with Crippen molar-refractivity contribution >= 4 is 0 Å². The van der Waals surface area contributed by atoms with E-state index >= 15 is 0 Å². The summed E-state index contributed by atoms with van der Waals surface area (Å²) < 4.78 is 5.33. The second-order valence-electron chi connectivity index (χ2n) is 6.16. The standard InChI is InChI=1S/C22H20O/c1-3-7-18(8-4-1)22(19-9-5-2-6-10-19)20-13-11-17(12-14-20)15-21-16-23-21/h1-14,21-22H,15-16H2. The molecule has 0 spiro atoms. The molecule has 0 amide bonds. The molecule has 0 bridgehead atoms. The van der Waals surface area contributed by atoms with Crippen LogP contribution in [0, 0.1) is 0 Å². The van der Waals surface area contributed by atoms with E-state index in [1.807, 2.05) is 0 Å². The molecule has 0 aromatic heterocycles. The van der Waals surface area contributed by atoms with E-state index in [0.29, 0.717) is 6.10 Å². The Labute approximate surface area is 137 Å². The molecule has 0 aliphatic carbocycles. The van der Waals surface area contributed by atoms with E-state index in [9.17, 15) is 0 Å². The summed E-state index contributed by atoms with van der Waals surface area (Å²) in [4.78, 5) is 0. The Kier molecular flexibility index (Phi) is 3.95. The van der Waals surface area contributed by atoms with Crippen LogP contribution in [0.2, 0.25) is 0 Å². The molecule has 1 aliphatic heterocycles. The van der Waals surface area contributed by atoms with Crippen LogP contribution in [0.3, 0.4) is 0 Å². The number of hydrogen-bond donors (Lipinski definition) is 0. The summed E-state index contributed by atoms with van der Waals surface area (Å²) in [5.41, 5.74) is 5.35. The van der Waals surface area contributed by atoms with Crippen LogP contribution in [0.1, 0.15) is 28.2 Å². The zero-order valence-corrected chi connectivity index (χ0v) is 13.1. The third-order valence-electron chi connectivity index (χ3n) is 4.44. The Morgan fingerprint density at radius 1 is 0.696 bits per heavy atom. The monoisotopic (exact) mass is 300 g/mol. The SMILES string of the molecule is c1ccc(C(c2ccccc2)c2ccc(CC3CO3)cc2)cc1. The van der Waals surface area contributed by atoms with Crippen molar-refractivity contribution in [3.63, 3.8) is 0 Å². The van der Waals surface area contributed by atoms with Gasteiger partial charge in [0.15, 0.2) is 0 Å². The van der Waals surface area contributed by atoms with Crippen molar-refractivity contribution in [1.29, 1.82) is 0 Å². The van der Waals surface area contributed by atoms with Crippen molar-refractivity contribution < 1.29 is 4.74 Å². The predicted molar refractivity (Wildman–Crippen MR) is 93.7 cm³/mol. The quantitative estimate of drug-likeness (QED) is 0.487. The molecule has 1 aliphatic rings. The maximum absolute atomic E-state index is 5.33. The van der Waals surface area contributed by atoms with Crippen molar-refractivity contribution in [3.8, 4) is 0 Å². The van der Waals surface area contributed by atoms with Crippen molar-refractivity contribution in [2.75, 3.05) is 6.61 Å². The molecular formula is C22H20O. The van der Waals surface area contributed by atoms with E-state index in [-0.39, 0.29) is 5.92 Å². The van der Waals surface area contributed by atoms with Crippen molar-refractivity contribution in [1.82, 2.24) is 0 Å². The van der Waals surface area contributed by atoms with Gasteiger partial charge in [-0.25, -0.2) is 0 Å². The lowest BCUT2D eigenvalue weighted by Crippen LogP contribution is -2.03. The molecule has 4 rings (SSSR count). The molecule has 0 radical (unpaired) electrons. The van der Waals surface area contributed by atoms with Gasteiger partial charge in [0.25, 0.3) is 0 Å². The van der Waals surface area contributed by atoms with Crippen LogP contribution < -0.4 is 0 Å². The fourth-order valence-corrected chi connectivity index (χ4v) is 3.16. The van der Waals surface area contributed by atoms with Gasteiger partial charge in [0.2, 0.25) is 0 Å². The number of ether oxygens (including phenoxy) is 1. The summed E-state index contributed by atoms with van der Waals surface area (Å²) in [5, 5.41) is 0. The first-order valence-electron chi connectivity index (χ1n) is 8.20. The normalized spacial score (nSPS) is 16.5. The van der Waals surface area contributed by atoms with E-state index in [2.05, 4.69) is 84.9 Å². The zero-order valence-electron chi connectivity index (χ0n) is 13.1. The second-order valence-corrected chi connectivity index (χ2v) is 6.16. The van der Waals surface area contributed by atoms with Gasteiger partial charge in [-0.15, -0.1) is 0 Å². The van der Waals surface area contributed by atoms with Gasteiger partial charge in [-0.3, -0.25) is 0 Å². The minimum atomic E-state index is 0.281. The summed E-state index contributed by atoms with van der Waals surface area (Å²) in [6.45, 7) is 0.915. The number of rotatable bonds is 5. The maximum atomic E-state index is 5.33. The minimum Gasteiger partial charge on any atom is -0.373 e. The average molecular weight is 300 g/mol. The third-order valence-corrected chi connectivity index (χ3v) is 4.44. The van der Waals surface area contributed by atoms with Gasteiger partial charge in [-0.2, -0.15) is 0 Å². The third kappa shape index (κ3) is 3.35. The largest absolute Gasteiger partial charge is 0.373 e. The van der Waals surface area contributed by atoms with Crippen LogP contribution in [0.4, 0.5) is 0 Å². The molecular weight excluding hydrogens is 280 g/mol. The first-order chi connectivity index (χ1) is 11.4. The first-order valence-corrected chi connectivity index (χ1v) is 8.20. The van der Waals surface area contributed by atoms with Crippen LogP contribution in [0.25, 0.3) is 0 Å². The molecule has 1 nitrogen and oxygen atoms in total. The van der Waals surface area contributed by atoms with Gasteiger partial charge in [0.05, 0.1) is 12.7 Å². The molecule has 1 heterocycles. The first kappa shape index (κ1) is 14.2. The van der Waals surface area contributed by atoms with E-state index in [4.69, 9.17) is 4.74 Å². The van der Waals surface area contributed by atoms with Crippen LogP contribution in [-0.4, -0.2) is 12.7 Å². The summed E-state index contributed by atoms with van der Waals surface area (Å²) in [7, 11) is 0. The topological polar surface area (TPSA) is 12.5 Å². The highest BCUT2D eigenvalue weighted by Crippen LogP contribution is 2.32. The van der Waals surface area contributed by atoms with Gasteiger partial charge < -0.3 is 4.74 Å². The molecule has 1 saturated heterocycles. The smallest absolute Gasteiger partial charge is 0.0850 e. The van der Waals surface area contributed by atoms with Gasteiger partial charge >= 0.3 is 0 Å². The van der Waals surface area contributed by atoms with Crippen molar-refractivity contribution in [2.45, 2.75) is 18.4 Å². The molecule has 3 aromatic rings. The Morgan fingerprint density at radius 2 is 1.17 bits per heavy atom. The minimum absolute atomic E-state index is 0.281. The number of benzene rings is 3. The maximum Gasteiger partial charge on any atom is 0.0850 e. The van der Waals surface area contributed by atoms with Gasteiger partial charge in [-0.05, 0) is 22.3 Å². The predicted octanol–water partition coefficient (Wildman–Crippen LogP) is 4.81. The molecule has 114 valence electrons. The Balaban J connectivity index is 1.70. The van der Waals surface area contributed by atoms with Gasteiger partial charge in [-0.1, -0.05) is 84.9 Å². The highest BCUT2D eigenvalue weighted by molar-refractivity contribution is 5.43. The summed E-state index contributed by atoms with van der Waals surface area (Å²) in [5.74, 6) is 0.281. The van der Waals surface area contributed by atoms with E-state index < -0.39 is 0 Å². The van der Waals surface area contributed by atoms with Gasteiger partial charge in [0.1, 0.15) is 0 Å². The Morgan fingerprint density at radius 3 is 1.65 bits per heavy atom. The van der Waals surface area contributed by atoms with E-state index in [1.54, 1.807) is 0 Å². The van der Waals surface area contributed by atoms with Crippen LogP contribution >= 0.6 is 0 Å². The second kappa shape index (κ2) is 6.39. The summed E-state index contributed by atoms with van der Waals surface area (Å²) in [6, 6.07) is 30.5. The van der Waals surface area contributed by atoms with E-state index in [0.717, 1.165) is 13.0 Å². The summed E-state index contributed by atoms with van der Waals surface area (Å²) in [6.07, 6.45) is 1.47. The van der Waals surface area contributed by atoms with Crippen LogP contribution in [0.15, 0.2) is 84.9 Å². The number of hydrogen-bond acceptors (Lipinski definition) is 1. The Bertz CT molecular complexity index is 703. The molecule has 3 aromatic carbocycles. The molecule has 1 fully saturated rings. The fourth-order valence-electron chi connectivity index (χ4n) is 3.16. The average Bonchev–Trinajstić information content (AvgIpc) is 3.43. The highest BCUT2D eigenvalue weighted by Gasteiger charge is 2.23. The van der Waals surface area contributed by atoms with E-state index in [1.165, 1.54) is 22.3 Å². The van der Waals surface area contributed by atoms with Crippen LogP contribution in [0.5, 0.6) is 0 Å². The zero-order chi connectivity index (χ0) is 15.5. The fraction of sp³-hybridized carbons (Fsp3) is 0.182. The molecule has 1 atom stereocenters. The lowest BCUT2D eigenvalue weighted by molar-refractivity contribution is 0.407. The number of epoxide rings is 1. The van der Waals surface area contributed by atoms with Crippen molar-refractivity contribution in [2.24, 2.45) is 0 Å². The highest BCUT2D eigenvalue weighted by atomic mass is 16.6. The lowest BCUT2D eigenvalue weighted by Gasteiger charge is -2.19. The summed E-state index contributed by atoms with van der Waals surface area (Å²) >= 11 is 0. The molecule has 23 heavy (non-hydrogen) atoms. The lowest BCUT2D eigenvalue weighted by atomic mass is 9.85. The molecule has 1 heteroatoms. The molecule has 1 unspecified atom stereocenters. The van der Waals surface area contributed by atoms with Crippen LogP contribution in [-0.2, 0) is 11.2 Å². The van der Waals surface area contributed by atoms with Crippen molar-refractivity contribution in [3.05, 3.63) is 107 Å². The molecule has 0 saturated carbocycles. The van der Waals surface area contributed by atoms with Gasteiger partial charge in [0, 0.05) is 12.3 Å². The Hall–Kier alpha value is -2.38.